The number of H-pyrrole nitrogens is 1. The van der Waals surface area contributed by atoms with Crippen molar-refractivity contribution in [3.8, 4) is 5.75 Å². The van der Waals surface area contributed by atoms with E-state index in [0.717, 1.165) is 16.8 Å². The molecule has 1 heterocycles. The minimum atomic E-state index is -0.369. The Kier molecular flexibility index (Phi) is 5.58. The van der Waals surface area contributed by atoms with Crippen molar-refractivity contribution < 1.29 is 14.3 Å². The zero-order valence-corrected chi connectivity index (χ0v) is 15.3. The molecule has 0 saturated heterocycles. The minimum absolute atomic E-state index is 0.0872. The summed E-state index contributed by atoms with van der Waals surface area (Å²) >= 11 is 0. The number of aromatic amines is 1. The van der Waals surface area contributed by atoms with Crippen molar-refractivity contribution in [1.29, 1.82) is 0 Å². The Morgan fingerprint density at radius 2 is 1.85 bits per heavy atom. The molecule has 2 atom stereocenters. The largest absolute Gasteiger partial charge is 0.497 e. The topological polar surface area (TPSA) is 63.4 Å². The van der Waals surface area contributed by atoms with Gasteiger partial charge in [0, 0.05) is 29.6 Å². The summed E-state index contributed by atoms with van der Waals surface area (Å²) in [6.07, 6.45) is 2.05. The van der Waals surface area contributed by atoms with E-state index in [4.69, 9.17) is 9.47 Å². The summed E-state index contributed by atoms with van der Waals surface area (Å²) in [5, 5.41) is 4.48. The molecule has 0 unspecified atom stereocenters. The van der Waals surface area contributed by atoms with Crippen molar-refractivity contribution in [1.82, 2.24) is 10.3 Å². The van der Waals surface area contributed by atoms with Crippen LogP contribution in [0.5, 0.6) is 5.75 Å². The number of aromatic nitrogens is 1. The summed E-state index contributed by atoms with van der Waals surface area (Å²) in [7, 11) is 3.06. The molecular formula is C21H24N2O3. The summed E-state index contributed by atoms with van der Waals surface area (Å²) < 4.78 is 10.1. The number of para-hydroxylation sites is 1. The van der Waals surface area contributed by atoms with Crippen molar-refractivity contribution in [3.63, 3.8) is 0 Å². The predicted molar refractivity (Wildman–Crippen MR) is 103 cm³/mol. The molecule has 0 amide bonds. The highest BCUT2D eigenvalue weighted by atomic mass is 16.5. The van der Waals surface area contributed by atoms with Gasteiger partial charge in [-0.25, -0.2) is 0 Å². The number of rotatable bonds is 7. The van der Waals surface area contributed by atoms with E-state index in [1.165, 1.54) is 18.1 Å². The number of fused-ring (bicyclic) bond motifs is 1. The first-order valence-corrected chi connectivity index (χ1v) is 8.65. The first-order chi connectivity index (χ1) is 12.6. The molecule has 2 N–H and O–H groups in total. The summed E-state index contributed by atoms with van der Waals surface area (Å²) in [4.78, 5) is 15.1. The van der Waals surface area contributed by atoms with Crippen molar-refractivity contribution in [2.45, 2.75) is 18.9 Å². The fourth-order valence-corrected chi connectivity index (χ4v) is 3.18. The van der Waals surface area contributed by atoms with Gasteiger partial charge in [0.2, 0.25) is 0 Å². The van der Waals surface area contributed by atoms with E-state index < -0.39 is 0 Å². The normalized spacial score (nSPS) is 13.3. The van der Waals surface area contributed by atoms with Gasteiger partial charge in [0.25, 0.3) is 0 Å². The number of benzene rings is 2. The smallest absolute Gasteiger partial charge is 0.322 e. The Hall–Kier alpha value is -2.79. The lowest BCUT2D eigenvalue weighted by molar-refractivity contribution is -0.142. The molecule has 3 aromatic rings. The van der Waals surface area contributed by atoms with Crippen LogP contribution in [0.1, 0.15) is 24.0 Å². The van der Waals surface area contributed by atoms with Crippen LogP contribution in [0, 0.1) is 0 Å². The molecule has 0 bridgehead atoms. The first kappa shape index (κ1) is 18.0. The molecule has 3 rings (SSSR count). The summed E-state index contributed by atoms with van der Waals surface area (Å²) in [5.41, 5.74) is 3.44. The highest BCUT2D eigenvalue weighted by Gasteiger charge is 2.21. The van der Waals surface area contributed by atoms with Gasteiger partial charge < -0.3 is 19.8 Å². The number of hydrogen-bond donors (Lipinski definition) is 2. The second kappa shape index (κ2) is 8.06. The second-order valence-corrected chi connectivity index (χ2v) is 6.27. The molecular weight excluding hydrogens is 328 g/mol. The number of carbonyl (C=O) groups is 1. The molecule has 0 aliphatic carbocycles. The highest BCUT2D eigenvalue weighted by molar-refractivity contribution is 5.84. The van der Waals surface area contributed by atoms with Gasteiger partial charge in [0.15, 0.2) is 0 Å². The van der Waals surface area contributed by atoms with E-state index in [1.807, 2.05) is 37.4 Å². The van der Waals surface area contributed by atoms with Gasteiger partial charge in [0.05, 0.1) is 14.2 Å². The quantitative estimate of drug-likeness (QED) is 0.639. The Bertz CT molecular complexity index is 870. The van der Waals surface area contributed by atoms with E-state index in [9.17, 15) is 4.79 Å². The third-order valence-corrected chi connectivity index (χ3v) is 4.70. The van der Waals surface area contributed by atoms with Gasteiger partial charge in [-0.2, -0.15) is 0 Å². The molecule has 0 spiro atoms. The van der Waals surface area contributed by atoms with Crippen LogP contribution in [-0.4, -0.2) is 37.8 Å². The molecule has 0 aliphatic rings. The zero-order chi connectivity index (χ0) is 18.5. The van der Waals surface area contributed by atoms with Crippen molar-refractivity contribution >= 4 is 16.9 Å². The average molecular weight is 352 g/mol. The zero-order valence-electron chi connectivity index (χ0n) is 15.3. The maximum absolute atomic E-state index is 11.7. The van der Waals surface area contributed by atoms with Gasteiger partial charge in [0.1, 0.15) is 11.8 Å². The van der Waals surface area contributed by atoms with Gasteiger partial charge in [-0.15, -0.1) is 0 Å². The Morgan fingerprint density at radius 1 is 1.12 bits per heavy atom. The second-order valence-electron chi connectivity index (χ2n) is 6.27. The van der Waals surface area contributed by atoms with Crippen LogP contribution in [-0.2, 0) is 9.53 Å². The van der Waals surface area contributed by atoms with Crippen LogP contribution in [0.4, 0.5) is 0 Å². The SMILES string of the molecule is COC(=O)[C@@H](C)NC[C@@H](c1ccc(OC)cc1)c1c[nH]c2ccccc12. The number of ether oxygens (including phenoxy) is 2. The van der Waals surface area contributed by atoms with Crippen LogP contribution >= 0.6 is 0 Å². The van der Waals surface area contributed by atoms with Gasteiger partial charge in [-0.1, -0.05) is 30.3 Å². The van der Waals surface area contributed by atoms with E-state index in [2.05, 4.69) is 34.6 Å². The van der Waals surface area contributed by atoms with E-state index in [0.29, 0.717) is 6.54 Å². The number of esters is 1. The lowest BCUT2D eigenvalue weighted by Gasteiger charge is -2.20. The number of methoxy groups -OCH3 is 2. The van der Waals surface area contributed by atoms with Crippen LogP contribution in [0.3, 0.4) is 0 Å². The van der Waals surface area contributed by atoms with Crippen molar-refractivity contribution in [2.24, 2.45) is 0 Å². The summed E-state index contributed by atoms with van der Waals surface area (Å²) in [6, 6.07) is 15.9. The van der Waals surface area contributed by atoms with Gasteiger partial charge >= 0.3 is 5.97 Å². The standard InChI is InChI=1S/C21H24N2O3/c1-14(21(24)26-3)22-12-18(15-8-10-16(25-2)11-9-15)19-13-23-20-7-5-4-6-17(19)20/h4-11,13-14,18,22-23H,12H2,1-3H3/t14-,18+/m1/s1. The predicted octanol–water partition coefficient (Wildman–Crippen LogP) is 3.46. The fourth-order valence-electron chi connectivity index (χ4n) is 3.18. The summed E-state index contributed by atoms with van der Waals surface area (Å²) in [6.45, 7) is 2.43. The van der Waals surface area contributed by atoms with E-state index >= 15 is 0 Å². The van der Waals surface area contributed by atoms with Crippen LogP contribution in [0.15, 0.2) is 54.7 Å². The van der Waals surface area contributed by atoms with Gasteiger partial charge in [-0.3, -0.25) is 4.79 Å². The Morgan fingerprint density at radius 3 is 2.54 bits per heavy atom. The first-order valence-electron chi connectivity index (χ1n) is 8.65. The maximum Gasteiger partial charge on any atom is 0.322 e. The fraction of sp³-hybridized carbons (Fsp3) is 0.286. The summed E-state index contributed by atoms with van der Waals surface area (Å²) in [5.74, 6) is 0.642. The lowest BCUT2D eigenvalue weighted by atomic mass is 9.90. The Balaban J connectivity index is 1.94. The number of carbonyl (C=O) groups excluding carboxylic acids is 1. The molecule has 0 radical (unpaired) electrons. The maximum atomic E-state index is 11.7. The molecule has 0 aliphatic heterocycles. The number of nitrogens with one attached hydrogen (secondary N) is 2. The van der Waals surface area contributed by atoms with Gasteiger partial charge in [-0.05, 0) is 36.2 Å². The third-order valence-electron chi connectivity index (χ3n) is 4.70. The lowest BCUT2D eigenvalue weighted by Crippen LogP contribution is -2.37. The third kappa shape index (κ3) is 3.73. The van der Waals surface area contributed by atoms with Crippen LogP contribution < -0.4 is 10.1 Å². The average Bonchev–Trinajstić information content (AvgIpc) is 3.12. The molecule has 5 nitrogen and oxygen atoms in total. The van der Waals surface area contributed by atoms with Crippen LogP contribution in [0.2, 0.25) is 0 Å². The molecule has 5 heteroatoms. The molecule has 0 saturated carbocycles. The highest BCUT2D eigenvalue weighted by Crippen LogP contribution is 2.31. The van der Waals surface area contributed by atoms with E-state index in [-0.39, 0.29) is 17.9 Å². The monoisotopic (exact) mass is 352 g/mol. The molecule has 136 valence electrons. The number of hydrogen-bond acceptors (Lipinski definition) is 4. The molecule has 1 aromatic heterocycles. The van der Waals surface area contributed by atoms with E-state index in [1.54, 1.807) is 7.11 Å². The minimum Gasteiger partial charge on any atom is -0.497 e. The molecule has 26 heavy (non-hydrogen) atoms. The molecule has 0 fully saturated rings. The van der Waals surface area contributed by atoms with Crippen molar-refractivity contribution in [3.05, 3.63) is 65.9 Å². The van der Waals surface area contributed by atoms with Crippen LogP contribution in [0.25, 0.3) is 10.9 Å². The Labute approximate surface area is 153 Å². The molecule has 2 aromatic carbocycles. The van der Waals surface area contributed by atoms with Crippen molar-refractivity contribution in [2.75, 3.05) is 20.8 Å².